The van der Waals surface area contributed by atoms with Gasteiger partial charge in [0.1, 0.15) is 6.54 Å². The molecular weight excluding hydrogens is 474 g/mol. The molecule has 1 aromatic heterocycles. The van der Waals surface area contributed by atoms with Gasteiger partial charge < -0.3 is 24.6 Å². The summed E-state index contributed by atoms with van der Waals surface area (Å²) in [6.45, 7) is 9.10. The summed E-state index contributed by atoms with van der Waals surface area (Å²) in [6, 6.07) is 15.1. The smallest absolute Gasteiger partial charge is 0.322 e. The van der Waals surface area contributed by atoms with Crippen LogP contribution in [0.25, 0.3) is 0 Å². The number of carbonyl (C=O) groups is 2. The number of benzene rings is 2. The molecular formula is C28H33N3O4S. The summed E-state index contributed by atoms with van der Waals surface area (Å²) in [7, 11) is 0. The van der Waals surface area contributed by atoms with Crippen LogP contribution in [0.1, 0.15) is 41.8 Å². The molecule has 0 spiro atoms. The van der Waals surface area contributed by atoms with Crippen molar-refractivity contribution in [3.8, 4) is 11.5 Å². The molecule has 2 aromatic carbocycles. The maximum Gasteiger partial charge on any atom is 0.322 e. The van der Waals surface area contributed by atoms with Gasteiger partial charge in [0.05, 0.1) is 6.54 Å². The van der Waals surface area contributed by atoms with Crippen LogP contribution in [-0.4, -0.2) is 41.1 Å². The van der Waals surface area contributed by atoms with E-state index in [-0.39, 0.29) is 31.3 Å². The second-order valence-electron chi connectivity index (χ2n) is 9.15. The van der Waals surface area contributed by atoms with E-state index in [0.717, 1.165) is 28.0 Å². The zero-order valence-corrected chi connectivity index (χ0v) is 22.1. The van der Waals surface area contributed by atoms with Crippen molar-refractivity contribution in [2.24, 2.45) is 0 Å². The molecule has 0 fully saturated rings. The fourth-order valence-electron chi connectivity index (χ4n) is 3.96. The lowest BCUT2D eigenvalue weighted by Gasteiger charge is -2.31. The van der Waals surface area contributed by atoms with Gasteiger partial charge in [-0.2, -0.15) is 0 Å². The first-order valence-corrected chi connectivity index (χ1v) is 13.1. The lowest BCUT2D eigenvalue weighted by atomic mass is 10.1. The SMILES string of the molecule is CCC(C)N(CC(=O)N(Cc1ccc2c(c1)OCO2)Cc1sccc1C)C(=O)Nc1ccc(C)cc1. The fraction of sp³-hybridized carbons (Fsp3) is 0.357. The Bertz CT molecular complexity index is 1210. The van der Waals surface area contributed by atoms with Crippen molar-refractivity contribution in [2.75, 3.05) is 18.7 Å². The highest BCUT2D eigenvalue weighted by atomic mass is 32.1. The molecule has 0 saturated carbocycles. The molecule has 190 valence electrons. The lowest BCUT2D eigenvalue weighted by molar-refractivity contribution is -0.133. The zero-order chi connectivity index (χ0) is 25.7. The molecule has 1 aliphatic heterocycles. The lowest BCUT2D eigenvalue weighted by Crippen LogP contribution is -2.47. The van der Waals surface area contributed by atoms with E-state index < -0.39 is 0 Å². The molecule has 0 radical (unpaired) electrons. The number of amides is 3. The average molecular weight is 508 g/mol. The highest BCUT2D eigenvalue weighted by Crippen LogP contribution is 2.33. The number of aryl methyl sites for hydroxylation is 2. The molecule has 3 amide bonds. The number of fused-ring (bicyclic) bond motifs is 1. The van der Waals surface area contributed by atoms with Crippen molar-refractivity contribution in [3.63, 3.8) is 0 Å². The van der Waals surface area contributed by atoms with Crippen LogP contribution in [0.5, 0.6) is 11.5 Å². The number of nitrogens with zero attached hydrogens (tertiary/aromatic N) is 2. The van der Waals surface area contributed by atoms with Gasteiger partial charge in [-0.15, -0.1) is 11.3 Å². The van der Waals surface area contributed by atoms with E-state index in [1.54, 1.807) is 16.2 Å². The Balaban J connectivity index is 1.53. The highest BCUT2D eigenvalue weighted by molar-refractivity contribution is 7.10. The van der Waals surface area contributed by atoms with E-state index >= 15 is 0 Å². The number of hydrogen-bond acceptors (Lipinski definition) is 5. The normalized spacial score (nSPS) is 12.8. The van der Waals surface area contributed by atoms with Crippen LogP contribution in [0.3, 0.4) is 0 Å². The second kappa shape index (κ2) is 11.5. The van der Waals surface area contributed by atoms with Crippen LogP contribution >= 0.6 is 11.3 Å². The third-order valence-electron chi connectivity index (χ3n) is 6.46. The molecule has 1 aliphatic rings. The van der Waals surface area contributed by atoms with Gasteiger partial charge in [0.2, 0.25) is 12.7 Å². The molecule has 2 heterocycles. The van der Waals surface area contributed by atoms with Gasteiger partial charge in [0, 0.05) is 23.2 Å². The molecule has 1 unspecified atom stereocenters. The largest absolute Gasteiger partial charge is 0.454 e. The van der Waals surface area contributed by atoms with Crippen LogP contribution in [0.4, 0.5) is 10.5 Å². The number of hydrogen-bond donors (Lipinski definition) is 1. The van der Waals surface area contributed by atoms with Crippen molar-refractivity contribution < 1.29 is 19.1 Å². The average Bonchev–Trinajstić information content (AvgIpc) is 3.51. The predicted molar refractivity (Wildman–Crippen MR) is 143 cm³/mol. The maximum absolute atomic E-state index is 13.7. The minimum Gasteiger partial charge on any atom is -0.454 e. The summed E-state index contributed by atoms with van der Waals surface area (Å²) in [5, 5.41) is 4.99. The summed E-state index contributed by atoms with van der Waals surface area (Å²) in [5.74, 6) is 1.28. The fourth-order valence-corrected chi connectivity index (χ4v) is 4.88. The van der Waals surface area contributed by atoms with E-state index in [1.165, 1.54) is 0 Å². The topological polar surface area (TPSA) is 71.1 Å². The van der Waals surface area contributed by atoms with Gasteiger partial charge >= 0.3 is 6.03 Å². The van der Waals surface area contributed by atoms with Crippen LogP contribution in [0.15, 0.2) is 53.9 Å². The summed E-state index contributed by atoms with van der Waals surface area (Å²) in [6.07, 6.45) is 0.737. The van der Waals surface area contributed by atoms with E-state index in [1.807, 2.05) is 73.5 Å². The monoisotopic (exact) mass is 507 g/mol. The van der Waals surface area contributed by atoms with Crippen molar-refractivity contribution in [2.45, 2.75) is 53.2 Å². The number of nitrogens with one attached hydrogen (secondary N) is 1. The highest BCUT2D eigenvalue weighted by Gasteiger charge is 2.26. The maximum atomic E-state index is 13.7. The van der Waals surface area contributed by atoms with Gasteiger partial charge in [-0.25, -0.2) is 4.79 Å². The van der Waals surface area contributed by atoms with Gasteiger partial charge in [-0.3, -0.25) is 4.79 Å². The predicted octanol–water partition coefficient (Wildman–Crippen LogP) is 5.96. The number of rotatable bonds is 9. The summed E-state index contributed by atoms with van der Waals surface area (Å²) >= 11 is 1.63. The summed E-state index contributed by atoms with van der Waals surface area (Å²) in [4.78, 5) is 31.5. The van der Waals surface area contributed by atoms with Crippen molar-refractivity contribution in [3.05, 3.63) is 75.5 Å². The van der Waals surface area contributed by atoms with Gasteiger partial charge in [0.25, 0.3) is 0 Å². The zero-order valence-electron chi connectivity index (χ0n) is 21.2. The third-order valence-corrected chi connectivity index (χ3v) is 7.47. The third kappa shape index (κ3) is 6.18. The van der Waals surface area contributed by atoms with Crippen LogP contribution in [0.2, 0.25) is 0 Å². The summed E-state index contributed by atoms with van der Waals surface area (Å²) < 4.78 is 11.0. The Hall–Kier alpha value is -3.52. The quantitative estimate of drug-likeness (QED) is 0.388. The molecule has 8 heteroatoms. The van der Waals surface area contributed by atoms with Crippen molar-refractivity contribution >= 4 is 29.0 Å². The first-order chi connectivity index (χ1) is 17.3. The second-order valence-corrected chi connectivity index (χ2v) is 10.1. The molecule has 7 nitrogen and oxygen atoms in total. The number of ether oxygens (including phenoxy) is 2. The first-order valence-electron chi connectivity index (χ1n) is 12.2. The Morgan fingerprint density at radius 1 is 1.03 bits per heavy atom. The molecule has 1 atom stereocenters. The van der Waals surface area contributed by atoms with Gasteiger partial charge in [0.15, 0.2) is 11.5 Å². The Labute approximate surface area is 216 Å². The number of carbonyl (C=O) groups excluding carboxylic acids is 2. The van der Waals surface area contributed by atoms with Crippen LogP contribution < -0.4 is 14.8 Å². The van der Waals surface area contributed by atoms with Crippen molar-refractivity contribution in [1.82, 2.24) is 9.80 Å². The van der Waals surface area contributed by atoms with Crippen LogP contribution in [-0.2, 0) is 17.9 Å². The molecule has 1 N–H and O–H groups in total. The molecule has 0 saturated heterocycles. The Morgan fingerprint density at radius 2 is 1.78 bits per heavy atom. The summed E-state index contributed by atoms with van der Waals surface area (Å²) in [5.41, 5.74) is 3.92. The minimum absolute atomic E-state index is 0.0122. The van der Waals surface area contributed by atoms with Crippen LogP contribution in [0, 0.1) is 13.8 Å². The minimum atomic E-state index is -0.281. The molecule has 36 heavy (non-hydrogen) atoms. The molecule has 3 aromatic rings. The number of urea groups is 1. The van der Waals surface area contributed by atoms with E-state index in [2.05, 4.69) is 18.3 Å². The van der Waals surface area contributed by atoms with E-state index in [0.29, 0.717) is 30.3 Å². The van der Waals surface area contributed by atoms with Gasteiger partial charge in [-0.05, 0) is 74.0 Å². The number of anilines is 1. The number of thiophene rings is 1. The molecule has 4 rings (SSSR count). The van der Waals surface area contributed by atoms with E-state index in [4.69, 9.17) is 9.47 Å². The van der Waals surface area contributed by atoms with Crippen molar-refractivity contribution in [1.29, 1.82) is 0 Å². The van der Waals surface area contributed by atoms with E-state index in [9.17, 15) is 9.59 Å². The molecule has 0 bridgehead atoms. The Kier molecular flexibility index (Phi) is 8.15. The van der Waals surface area contributed by atoms with Gasteiger partial charge in [-0.1, -0.05) is 30.7 Å². The first kappa shape index (κ1) is 25.6. The standard InChI is InChI=1S/C28H33N3O4S/c1-5-21(4)31(28(33)29-23-9-6-19(2)7-10-23)17-27(32)30(16-26-20(3)12-13-36-26)15-22-8-11-24-25(14-22)35-18-34-24/h6-14,21H,5,15-18H2,1-4H3,(H,29,33). The Morgan fingerprint density at radius 3 is 2.47 bits per heavy atom. The molecule has 0 aliphatic carbocycles.